The summed E-state index contributed by atoms with van der Waals surface area (Å²) >= 11 is 0. The molecule has 0 aliphatic heterocycles. The number of Topliss-reactive ketones (excluding diaryl/α,β-unsaturated/α-hetero) is 1. The van der Waals surface area contributed by atoms with E-state index in [0.717, 1.165) is 0 Å². The topological polar surface area (TPSA) is 65.1 Å². The number of hydroxylamine groups is 2. The van der Waals surface area contributed by atoms with Crippen LogP contribution in [-0.4, -0.2) is 42.5 Å². The van der Waals surface area contributed by atoms with E-state index in [-0.39, 0.29) is 19.0 Å². The molecule has 114 valence electrons. The number of carbonyl (C=O) groups excluding carboxylic acids is 1. The van der Waals surface area contributed by atoms with Crippen LogP contribution in [-0.2, 0) is 23.2 Å². The molecule has 0 N–H and O–H groups in total. The van der Waals surface area contributed by atoms with E-state index in [4.69, 9.17) is 13.9 Å². The van der Waals surface area contributed by atoms with E-state index < -0.39 is 19.0 Å². The molecular formula is C12H26NO5P. The van der Waals surface area contributed by atoms with Crippen LogP contribution in [0.1, 0.15) is 41.5 Å². The maximum absolute atomic E-state index is 12.6. The molecule has 0 rings (SSSR count). The summed E-state index contributed by atoms with van der Waals surface area (Å²) in [5, 5.41) is 1.37. The van der Waals surface area contributed by atoms with E-state index in [9.17, 15) is 9.36 Å². The van der Waals surface area contributed by atoms with Gasteiger partial charge >= 0.3 is 7.60 Å². The van der Waals surface area contributed by atoms with Gasteiger partial charge in [-0.25, -0.2) is 0 Å². The Bertz CT molecular complexity index is 335. The predicted octanol–water partition coefficient (Wildman–Crippen LogP) is 2.83. The zero-order valence-corrected chi connectivity index (χ0v) is 13.8. The van der Waals surface area contributed by atoms with E-state index in [1.807, 2.05) is 0 Å². The highest BCUT2D eigenvalue weighted by molar-refractivity contribution is 7.54. The van der Waals surface area contributed by atoms with Crippen LogP contribution < -0.4 is 0 Å². The van der Waals surface area contributed by atoms with Crippen molar-refractivity contribution in [3.8, 4) is 0 Å². The van der Waals surface area contributed by atoms with E-state index >= 15 is 0 Å². The second kappa shape index (κ2) is 7.50. The van der Waals surface area contributed by atoms with Gasteiger partial charge in [0.25, 0.3) is 0 Å². The minimum Gasteiger partial charge on any atom is -0.308 e. The van der Waals surface area contributed by atoms with Crippen molar-refractivity contribution < 1.29 is 23.2 Å². The van der Waals surface area contributed by atoms with Crippen LogP contribution >= 0.6 is 7.60 Å². The third-order valence-electron chi connectivity index (χ3n) is 2.82. The lowest BCUT2D eigenvalue weighted by Crippen LogP contribution is -2.43. The fourth-order valence-corrected chi connectivity index (χ4v) is 2.98. The largest absolute Gasteiger partial charge is 0.349 e. The van der Waals surface area contributed by atoms with Crippen molar-refractivity contribution in [1.82, 2.24) is 5.06 Å². The Morgan fingerprint density at radius 2 is 1.68 bits per heavy atom. The molecule has 0 saturated heterocycles. The summed E-state index contributed by atoms with van der Waals surface area (Å²) < 4.78 is 23.1. The van der Waals surface area contributed by atoms with Crippen LogP contribution in [0.15, 0.2) is 0 Å². The average molecular weight is 295 g/mol. The first-order valence-corrected chi connectivity index (χ1v) is 8.03. The molecule has 0 spiro atoms. The van der Waals surface area contributed by atoms with Gasteiger partial charge in [0.1, 0.15) is 11.4 Å². The van der Waals surface area contributed by atoms with Crippen LogP contribution in [0, 0.1) is 0 Å². The normalized spacial score (nSPS) is 14.7. The van der Waals surface area contributed by atoms with Crippen molar-refractivity contribution in [2.75, 3.05) is 20.3 Å². The Morgan fingerprint density at radius 3 is 2.00 bits per heavy atom. The zero-order valence-electron chi connectivity index (χ0n) is 12.9. The molecule has 7 heteroatoms. The lowest BCUT2D eigenvalue weighted by atomic mass is 10.1. The maximum atomic E-state index is 12.6. The average Bonchev–Trinajstić information content (AvgIpc) is 2.27. The highest BCUT2D eigenvalue weighted by Gasteiger charge is 2.38. The summed E-state index contributed by atoms with van der Waals surface area (Å²) in [6.45, 7) is 10.5. The summed E-state index contributed by atoms with van der Waals surface area (Å²) in [7, 11) is -1.68. The van der Waals surface area contributed by atoms with Crippen LogP contribution in [0.2, 0.25) is 0 Å². The molecule has 0 aliphatic rings. The number of carbonyl (C=O) groups is 1. The smallest absolute Gasteiger partial charge is 0.308 e. The molecule has 0 fully saturated rings. The molecule has 6 nitrogen and oxygen atoms in total. The van der Waals surface area contributed by atoms with Crippen LogP contribution in [0.25, 0.3) is 0 Å². The van der Waals surface area contributed by atoms with Crippen LogP contribution in [0.5, 0.6) is 0 Å². The monoisotopic (exact) mass is 295 g/mol. The molecule has 1 unspecified atom stereocenters. The lowest BCUT2D eigenvalue weighted by Gasteiger charge is -2.34. The predicted molar refractivity (Wildman–Crippen MR) is 73.9 cm³/mol. The molecule has 1 atom stereocenters. The molecule has 0 heterocycles. The first-order valence-electron chi connectivity index (χ1n) is 6.42. The molecule has 0 radical (unpaired) electrons. The van der Waals surface area contributed by atoms with Gasteiger partial charge in [0.15, 0.2) is 5.78 Å². The van der Waals surface area contributed by atoms with Crippen LogP contribution in [0.3, 0.4) is 0 Å². The first-order chi connectivity index (χ1) is 8.60. The summed E-state index contributed by atoms with van der Waals surface area (Å²) in [6.07, 6.45) is 0. The van der Waals surface area contributed by atoms with Gasteiger partial charge in [-0.05, 0) is 41.5 Å². The Labute approximate surface area is 115 Å². The Morgan fingerprint density at radius 1 is 1.26 bits per heavy atom. The second-order valence-corrected chi connectivity index (χ2v) is 7.05. The number of ketones is 1. The van der Waals surface area contributed by atoms with Crippen LogP contribution in [0.4, 0.5) is 0 Å². The van der Waals surface area contributed by atoms with Gasteiger partial charge in [-0.15, -0.1) is 0 Å². The van der Waals surface area contributed by atoms with E-state index in [0.29, 0.717) is 0 Å². The van der Waals surface area contributed by atoms with E-state index in [1.165, 1.54) is 12.0 Å². The Hall–Kier alpha value is -0.260. The molecular weight excluding hydrogens is 269 g/mol. The van der Waals surface area contributed by atoms with Gasteiger partial charge in [0.2, 0.25) is 0 Å². The van der Waals surface area contributed by atoms with Gasteiger partial charge in [-0.2, -0.15) is 5.06 Å². The van der Waals surface area contributed by atoms with Gasteiger partial charge in [0, 0.05) is 7.05 Å². The minimum absolute atomic E-state index is 0.116. The van der Waals surface area contributed by atoms with Gasteiger partial charge in [-0.3, -0.25) is 14.2 Å². The third kappa shape index (κ3) is 5.32. The molecule has 0 aromatic rings. The van der Waals surface area contributed by atoms with Gasteiger partial charge in [0.05, 0.1) is 13.2 Å². The highest BCUT2D eigenvalue weighted by Crippen LogP contribution is 2.53. The molecule has 19 heavy (non-hydrogen) atoms. The quantitative estimate of drug-likeness (QED) is 0.481. The lowest BCUT2D eigenvalue weighted by molar-refractivity contribution is -0.224. The first kappa shape index (κ1) is 18.7. The zero-order chi connectivity index (χ0) is 15.3. The molecule has 0 aliphatic carbocycles. The summed E-state index contributed by atoms with van der Waals surface area (Å²) in [5.41, 5.74) is -0.980. The number of hydrogen-bond acceptors (Lipinski definition) is 6. The van der Waals surface area contributed by atoms with Crippen molar-refractivity contribution in [1.29, 1.82) is 0 Å². The maximum Gasteiger partial charge on any atom is 0.349 e. The van der Waals surface area contributed by atoms with E-state index in [2.05, 4.69) is 0 Å². The van der Waals surface area contributed by atoms with Crippen molar-refractivity contribution in [2.24, 2.45) is 0 Å². The highest BCUT2D eigenvalue weighted by atomic mass is 31.2. The number of rotatable bonds is 9. The Balaban J connectivity index is 4.91. The summed E-state index contributed by atoms with van der Waals surface area (Å²) in [5.74, 6) is -0.722. The fraction of sp³-hybridized carbons (Fsp3) is 0.917. The molecule has 0 bridgehead atoms. The molecule has 0 aromatic carbocycles. The van der Waals surface area contributed by atoms with Gasteiger partial charge < -0.3 is 9.05 Å². The van der Waals surface area contributed by atoms with Crippen molar-refractivity contribution in [2.45, 2.75) is 52.9 Å². The number of hydrogen-bond donors (Lipinski definition) is 0. The number of nitrogens with zero attached hydrogens (tertiary/aromatic N) is 1. The minimum atomic E-state index is -3.29. The fourth-order valence-electron chi connectivity index (χ4n) is 1.31. The summed E-state index contributed by atoms with van der Waals surface area (Å²) in [6, 6.07) is 0. The van der Waals surface area contributed by atoms with Gasteiger partial charge in [-0.1, -0.05) is 0 Å². The van der Waals surface area contributed by atoms with Crippen molar-refractivity contribution in [3.63, 3.8) is 0 Å². The molecule has 0 aromatic heterocycles. The molecule has 0 amide bonds. The second-order valence-electron chi connectivity index (χ2n) is 4.71. The van der Waals surface area contributed by atoms with E-state index in [1.54, 1.807) is 41.7 Å². The Kier molecular flexibility index (Phi) is 7.40. The standard InChI is InChI=1S/C12H26NO5P/c1-8-16-19(15,17-9-2)11(4)13(7)18-12(5,6)10(3)14/h11H,8-9H2,1-7H3. The molecule has 0 saturated carbocycles. The SMILES string of the molecule is CCOP(=O)(OCC)C(C)N(C)OC(C)(C)C(C)=O. The van der Waals surface area contributed by atoms with Crippen molar-refractivity contribution in [3.05, 3.63) is 0 Å². The van der Waals surface area contributed by atoms with Crippen molar-refractivity contribution >= 4 is 13.4 Å². The summed E-state index contributed by atoms with van der Waals surface area (Å²) in [4.78, 5) is 17.0. The third-order valence-corrected chi connectivity index (χ3v) is 5.30.